The van der Waals surface area contributed by atoms with Crippen LogP contribution in [-0.2, 0) is 0 Å². The molecule has 18 heavy (non-hydrogen) atoms. The van der Waals surface area contributed by atoms with Crippen molar-refractivity contribution in [1.29, 1.82) is 0 Å². The Balaban J connectivity index is 2.55. The molecule has 0 N–H and O–H groups in total. The molecular weight excluding hydrogens is 359 g/mol. The number of carbonyl (C=O) groups excluding carboxylic acids is 1. The third-order valence-electron chi connectivity index (χ3n) is 3.02. The van der Waals surface area contributed by atoms with Gasteiger partial charge in [0.25, 0.3) is 0 Å². The van der Waals surface area contributed by atoms with E-state index in [1.54, 1.807) is 12.1 Å². The molecule has 0 aromatic heterocycles. The third kappa shape index (κ3) is 2.59. The van der Waals surface area contributed by atoms with E-state index in [2.05, 4.69) is 22.6 Å². The minimum Gasteiger partial charge on any atom is -0.289 e. The standard InChI is InChI=1S/C15H12ClIO/c1-9-4-3-5-12(10(9)2)15(18)13-8-11(16)6-7-14(13)17/h3-8H,1-2H3. The van der Waals surface area contributed by atoms with E-state index in [1.165, 1.54) is 0 Å². The Kier molecular flexibility index (Phi) is 4.07. The topological polar surface area (TPSA) is 17.1 Å². The van der Waals surface area contributed by atoms with E-state index >= 15 is 0 Å². The SMILES string of the molecule is Cc1cccc(C(=O)c2cc(Cl)ccc2I)c1C. The van der Waals surface area contributed by atoms with Gasteiger partial charge in [-0.05, 0) is 65.8 Å². The monoisotopic (exact) mass is 370 g/mol. The van der Waals surface area contributed by atoms with Gasteiger partial charge in [-0.1, -0.05) is 29.8 Å². The van der Waals surface area contributed by atoms with Crippen LogP contribution < -0.4 is 0 Å². The van der Waals surface area contributed by atoms with Crippen molar-refractivity contribution in [2.24, 2.45) is 0 Å². The molecule has 0 radical (unpaired) electrons. The molecule has 0 aliphatic rings. The lowest BCUT2D eigenvalue weighted by Crippen LogP contribution is -2.06. The van der Waals surface area contributed by atoms with Crippen LogP contribution in [0, 0.1) is 17.4 Å². The van der Waals surface area contributed by atoms with Crippen LogP contribution in [0.2, 0.25) is 5.02 Å². The molecule has 0 fully saturated rings. The van der Waals surface area contributed by atoms with Crippen LogP contribution in [0.5, 0.6) is 0 Å². The van der Waals surface area contributed by atoms with Crippen LogP contribution in [0.15, 0.2) is 36.4 Å². The molecule has 0 spiro atoms. The largest absolute Gasteiger partial charge is 0.289 e. The van der Waals surface area contributed by atoms with E-state index in [0.29, 0.717) is 10.6 Å². The number of halogens is 2. The van der Waals surface area contributed by atoms with Crippen LogP contribution in [-0.4, -0.2) is 5.78 Å². The molecule has 0 heterocycles. The van der Waals surface area contributed by atoms with Gasteiger partial charge in [0.15, 0.2) is 5.78 Å². The first-order valence-corrected chi connectivity index (χ1v) is 7.02. The molecular formula is C15H12ClIO. The van der Waals surface area contributed by atoms with Gasteiger partial charge in [0.05, 0.1) is 0 Å². The molecule has 0 bridgehead atoms. The lowest BCUT2D eigenvalue weighted by molar-refractivity contribution is 0.103. The van der Waals surface area contributed by atoms with Gasteiger partial charge in [-0.25, -0.2) is 0 Å². The van der Waals surface area contributed by atoms with Gasteiger partial charge in [0.2, 0.25) is 0 Å². The average molecular weight is 371 g/mol. The van der Waals surface area contributed by atoms with Gasteiger partial charge in [-0.3, -0.25) is 4.79 Å². The molecule has 0 amide bonds. The number of carbonyl (C=O) groups is 1. The first-order valence-electron chi connectivity index (χ1n) is 5.56. The number of ketones is 1. The van der Waals surface area contributed by atoms with Gasteiger partial charge in [0.1, 0.15) is 0 Å². The van der Waals surface area contributed by atoms with Gasteiger partial charge in [0, 0.05) is 19.7 Å². The third-order valence-corrected chi connectivity index (χ3v) is 4.20. The summed E-state index contributed by atoms with van der Waals surface area (Å²) in [5, 5.41) is 0.587. The molecule has 2 rings (SSSR count). The van der Waals surface area contributed by atoms with E-state index in [1.807, 2.05) is 38.1 Å². The second kappa shape index (κ2) is 5.41. The summed E-state index contributed by atoms with van der Waals surface area (Å²) < 4.78 is 0.919. The maximum absolute atomic E-state index is 12.5. The van der Waals surface area contributed by atoms with Crippen molar-refractivity contribution < 1.29 is 4.79 Å². The molecule has 2 aromatic carbocycles. The minimum absolute atomic E-state index is 0.0306. The maximum Gasteiger partial charge on any atom is 0.194 e. The fraction of sp³-hybridized carbons (Fsp3) is 0.133. The van der Waals surface area contributed by atoms with Crippen LogP contribution >= 0.6 is 34.2 Å². The molecule has 3 heteroatoms. The molecule has 0 unspecified atom stereocenters. The van der Waals surface area contributed by atoms with Crippen molar-refractivity contribution in [3.63, 3.8) is 0 Å². The van der Waals surface area contributed by atoms with Crippen LogP contribution in [0.1, 0.15) is 27.0 Å². The second-order valence-electron chi connectivity index (χ2n) is 4.20. The zero-order chi connectivity index (χ0) is 13.3. The molecule has 0 saturated carbocycles. The number of hydrogen-bond acceptors (Lipinski definition) is 1. The zero-order valence-corrected chi connectivity index (χ0v) is 13.0. The van der Waals surface area contributed by atoms with Crippen molar-refractivity contribution >= 4 is 40.0 Å². The summed E-state index contributed by atoms with van der Waals surface area (Å²) in [5.74, 6) is 0.0306. The number of rotatable bonds is 2. The minimum atomic E-state index is 0.0306. The Morgan fingerprint density at radius 3 is 2.56 bits per heavy atom. The average Bonchev–Trinajstić information content (AvgIpc) is 2.35. The fourth-order valence-electron chi connectivity index (χ4n) is 1.81. The molecule has 92 valence electrons. The van der Waals surface area contributed by atoms with Crippen LogP contribution in [0.4, 0.5) is 0 Å². The predicted octanol–water partition coefficient (Wildman–Crippen LogP) is 4.79. The molecule has 1 nitrogen and oxygen atoms in total. The highest BCUT2D eigenvalue weighted by molar-refractivity contribution is 14.1. The Morgan fingerprint density at radius 2 is 1.83 bits per heavy atom. The van der Waals surface area contributed by atoms with Gasteiger partial charge in [-0.15, -0.1) is 0 Å². The number of hydrogen-bond donors (Lipinski definition) is 0. The summed E-state index contributed by atoms with van der Waals surface area (Å²) in [5.41, 5.74) is 3.56. The highest BCUT2D eigenvalue weighted by atomic mass is 127. The van der Waals surface area contributed by atoms with E-state index in [0.717, 1.165) is 20.3 Å². The van der Waals surface area contributed by atoms with E-state index < -0.39 is 0 Å². The first-order chi connectivity index (χ1) is 8.50. The predicted molar refractivity (Wildman–Crippen MR) is 83.5 cm³/mol. The Bertz CT molecular complexity index is 616. The summed E-state index contributed by atoms with van der Waals surface area (Å²) in [7, 11) is 0. The maximum atomic E-state index is 12.5. The van der Waals surface area contributed by atoms with Crippen molar-refractivity contribution in [3.8, 4) is 0 Å². The normalized spacial score (nSPS) is 10.4. The van der Waals surface area contributed by atoms with Crippen LogP contribution in [0.3, 0.4) is 0 Å². The first kappa shape index (κ1) is 13.6. The van der Waals surface area contributed by atoms with Gasteiger partial charge >= 0.3 is 0 Å². The Labute approximate surface area is 125 Å². The van der Waals surface area contributed by atoms with Crippen molar-refractivity contribution in [3.05, 3.63) is 67.2 Å². The Morgan fingerprint density at radius 1 is 1.11 bits per heavy atom. The van der Waals surface area contributed by atoms with E-state index in [-0.39, 0.29) is 5.78 Å². The molecule has 0 atom stereocenters. The zero-order valence-electron chi connectivity index (χ0n) is 10.1. The Hall–Kier alpha value is -0.870. The summed E-state index contributed by atoms with van der Waals surface area (Å²) in [4.78, 5) is 12.5. The molecule has 0 aliphatic carbocycles. The van der Waals surface area contributed by atoms with Crippen molar-refractivity contribution in [2.75, 3.05) is 0 Å². The highest BCUT2D eigenvalue weighted by Crippen LogP contribution is 2.23. The smallest absolute Gasteiger partial charge is 0.194 e. The molecule has 2 aromatic rings. The number of aryl methyl sites for hydroxylation is 1. The lowest BCUT2D eigenvalue weighted by Gasteiger charge is -2.09. The fourth-order valence-corrected chi connectivity index (χ4v) is 2.57. The lowest BCUT2D eigenvalue weighted by atomic mass is 9.96. The van der Waals surface area contributed by atoms with Gasteiger partial charge < -0.3 is 0 Å². The quantitative estimate of drug-likeness (QED) is 0.548. The van der Waals surface area contributed by atoms with Gasteiger partial charge in [-0.2, -0.15) is 0 Å². The van der Waals surface area contributed by atoms with Crippen molar-refractivity contribution in [2.45, 2.75) is 13.8 Å². The summed E-state index contributed by atoms with van der Waals surface area (Å²) in [6.07, 6.45) is 0. The number of benzene rings is 2. The summed E-state index contributed by atoms with van der Waals surface area (Å²) in [6, 6.07) is 11.2. The van der Waals surface area contributed by atoms with E-state index in [9.17, 15) is 4.79 Å². The van der Waals surface area contributed by atoms with E-state index in [4.69, 9.17) is 11.6 Å². The molecule has 0 aliphatic heterocycles. The van der Waals surface area contributed by atoms with Crippen LogP contribution in [0.25, 0.3) is 0 Å². The second-order valence-corrected chi connectivity index (χ2v) is 5.80. The highest BCUT2D eigenvalue weighted by Gasteiger charge is 2.15. The summed E-state index contributed by atoms with van der Waals surface area (Å²) >= 11 is 8.12. The van der Waals surface area contributed by atoms with Crippen molar-refractivity contribution in [1.82, 2.24) is 0 Å². The summed E-state index contributed by atoms with van der Waals surface area (Å²) in [6.45, 7) is 3.98. The molecule has 0 saturated heterocycles.